The van der Waals surface area contributed by atoms with Gasteiger partial charge < -0.3 is 14.2 Å². The number of ether oxygens (including phenoxy) is 3. The predicted molar refractivity (Wildman–Crippen MR) is 140 cm³/mol. The molecule has 0 bridgehead atoms. The molecule has 2 aromatic rings. The standard InChI is InChI=1S/C28H38F2O5Si/c1-6-9-18-35-24-17-16-22(25(29)26(24)30)20-12-14-21(15-13-20)36(4,5)19-10-11-23(27(31)33-7-2)28(32)34-8-3/h12-17,23H,6-11,18-19H2,1-5H3. The van der Waals surface area contributed by atoms with Gasteiger partial charge in [-0.15, -0.1) is 0 Å². The van der Waals surface area contributed by atoms with E-state index in [-0.39, 0.29) is 24.5 Å². The van der Waals surface area contributed by atoms with E-state index >= 15 is 0 Å². The first-order valence-electron chi connectivity index (χ1n) is 12.7. The van der Waals surface area contributed by atoms with Gasteiger partial charge in [0, 0.05) is 5.56 Å². The zero-order valence-corrected chi connectivity index (χ0v) is 23.0. The fraction of sp³-hybridized carbons (Fsp3) is 0.500. The molecule has 0 N–H and O–H groups in total. The third-order valence-electron chi connectivity index (χ3n) is 6.22. The molecule has 5 nitrogen and oxygen atoms in total. The minimum atomic E-state index is -1.92. The molecule has 0 saturated carbocycles. The number of unbranched alkanes of at least 4 members (excludes halogenated alkanes) is 1. The Morgan fingerprint density at radius 2 is 1.47 bits per heavy atom. The molecule has 0 aliphatic carbocycles. The fourth-order valence-electron chi connectivity index (χ4n) is 4.00. The number of carbonyl (C=O) groups is 2. The summed E-state index contributed by atoms with van der Waals surface area (Å²) in [7, 11) is -1.92. The van der Waals surface area contributed by atoms with Gasteiger partial charge in [0.25, 0.3) is 0 Å². The van der Waals surface area contributed by atoms with Crippen LogP contribution in [0.4, 0.5) is 8.78 Å². The van der Waals surface area contributed by atoms with Crippen molar-refractivity contribution in [3.8, 4) is 16.9 Å². The zero-order chi connectivity index (χ0) is 26.7. The fourth-order valence-corrected chi connectivity index (χ4v) is 6.45. The maximum atomic E-state index is 14.8. The highest BCUT2D eigenvalue weighted by Crippen LogP contribution is 2.30. The summed E-state index contributed by atoms with van der Waals surface area (Å²) in [4.78, 5) is 24.4. The van der Waals surface area contributed by atoms with Crippen LogP contribution in [0.5, 0.6) is 5.75 Å². The molecule has 0 heterocycles. The summed E-state index contributed by atoms with van der Waals surface area (Å²) >= 11 is 0. The number of hydrogen-bond acceptors (Lipinski definition) is 5. The summed E-state index contributed by atoms with van der Waals surface area (Å²) < 4.78 is 44.7. The lowest BCUT2D eigenvalue weighted by atomic mass is 10.0. The first-order chi connectivity index (χ1) is 17.2. The van der Waals surface area contributed by atoms with Crippen LogP contribution in [0.3, 0.4) is 0 Å². The van der Waals surface area contributed by atoms with Crippen LogP contribution < -0.4 is 9.92 Å². The van der Waals surface area contributed by atoms with Gasteiger partial charge in [0.05, 0.1) is 27.9 Å². The number of carbonyl (C=O) groups excluding carboxylic acids is 2. The summed E-state index contributed by atoms with van der Waals surface area (Å²) in [6.07, 6.45) is 2.72. The van der Waals surface area contributed by atoms with Crippen LogP contribution >= 0.6 is 0 Å². The second-order valence-corrected chi connectivity index (χ2v) is 14.2. The van der Waals surface area contributed by atoms with E-state index in [4.69, 9.17) is 14.2 Å². The van der Waals surface area contributed by atoms with Crippen molar-refractivity contribution in [3.63, 3.8) is 0 Å². The Labute approximate surface area is 214 Å². The Morgan fingerprint density at radius 3 is 2.03 bits per heavy atom. The molecule has 0 aromatic heterocycles. The quantitative estimate of drug-likeness (QED) is 0.128. The highest BCUT2D eigenvalue weighted by atomic mass is 28.3. The number of esters is 2. The van der Waals surface area contributed by atoms with E-state index in [0.717, 1.165) is 24.1 Å². The first kappa shape index (κ1) is 29.5. The van der Waals surface area contributed by atoms with Gasteiger partial charge in [-0.1, -0.05) is 68.4 Å². The average molecular weight is 521 g/mol. The van der Waals surface area contributed by atoms with Crippen molar-refractivity contribution in [1.29, 1.82) is 0 Å². The smallest absolute Gasteiger partial charge is 0.320 e. The monoisotopic (exact) mass is 520 g/mol. The molecule has 0 unspecified atom stereocenters. The van der Waals surface area contributed by atoms with Crippen LogP contribution in [0, 0.1) is 17.6 Å². The normalized spacial score (nSPS) is 11.4. The second-order valence-electron chi connectivity index (χ2n) is 9.35. The van der Waals surface area contributed by atoms with Crippen LogP contribution in [0.25, 0.3) is 11.1 Å². The lowest BCUT2D eigenvalue weighted by Crippen LogP contribution is -2.41. The Hall–Kier alpha value is -2.74. The molecule has 0 amide bonds. The van der Waals surface area contributed by atoms with Crippen molar-refractivity contribution in [3.05, 3.63) is 48.0 Å². The first-order valence-corrected chi connectivity index (χ1v) is 15.9. The molecule has 0 radical (unpaired) electrons. The molecular formula is C28H38F2O5Si. The van der Waals surface area contributed by atoms with E-state index in [1.165, 1.54) is 6.07 Å². The van der Waals surface area contributed by atoms with E-state index in [9.17, 15) is 18.4 Å². The van der Waals surface area contributed by atoms with Crippen molar-refractivity contribution in [2.75, 3.05) is 19.8 Å². The van der Waals surface area contributed by atoms with E-state index in [0.29, 0.717) is 25.0 Å². The Kier molecular flexibility index (Phi) is 11.6. The maximum absolute atomic E-state index is 14.8. The lowest BCUT2D eigenvalue weighted by molar-refractivity contribution is -0.161. The van der Waals surface area contributed by atoms with Gasteiger partial charge >= 0.3 is 11.9 Å². The SMILES string of the molecule is CCCCOc1ccc(-c2ccc([Si](C)(C)CCCC(C(=O)OCC)C(=O)OCC)cc2)c(F)c1F. The van der Waals surface area contributed by atoms with Crippen LogP contribution in [0.2, 0.25) is 19.1 Å². The van der Waals surface area contributed by atoms with E-state index in [2.05, 4.69) is 13.1 Å². The predicted octanol–water partition coefficient (Wildman–Crippen LogP) is 6.25. The van der Waals surface area contributed by atoms with Crippen molar-refractivity contribution in [2.24, 2.45) is 5.92 Å². The molecular weight excluding hydrogens is 482 g/mol. The average Bonchev–Trinajstić information content (AvgIpc) is 2.85. The Balaban J connectivity index is 2.09. The topological polar surface area (TPSA) is 61.8 Å². The van der Waals surface area contributed by atoms with Gasteiger partial charge in [-0.25, -0.2) is 4.39 Å². The van der Waals surface area contributed by atoms with Gasteiger partial charge in [0.1, 0.15) is 0 Å². The van der Waals surface area contributed by atoms with Crippen molar-refractivity contribution in [1.82, 2.24) is 0 Å². The molecule has 8 heteroatoms. The number of halogens is 2. The molecule has 0 fully saturated rings. The molecule has 0 atom stereocenters. The highest BCUT2D eigenvalue weighted by Gasteiger charge is 2.31. The summed E-state index contributed by atoms with van der Waals surface area (Å²) in [5.74, 6) is -3.97. The molecule has 0 aliphatic heterocycles. The summed E-state index contributed by atoms with van der Waals surface area (Å²) in [5, 5.41) is 1.15. The van der Waals surface area contributed by atoms with Gasteiger partial charge in [0.15, 0.2) is 17.5 Å². The molecule has 0 aliphatic rings. The third-order valence-corrected chi connectivity index (χ3v) is 9.72. The molecule has 36 heavy (non-hydrogen) atoms. The van der Waals surface area contributed by atoms with Crippen LogP contribution in [0.1, 0.15) is 46.5 Å². The van der Waals surface area contributed by atoms with Gasteiger partial charge in [-0.3, -0.25) is 9.59 Å². The van der Waals surface area contributed by atoms with Crippen LogP contribution in [-0.2, 0) is 19.1 Å². The molecule has 0 spiro atoms. The number of rotatable bonds is 14. The Morgan fingerprint density at radius 1 is 0.861 bits per heavy atom. The zero-order valence-electron chi connectivity index (χ0n) is 22.0. The molecule has 2 aromatic carbocycles. The summed E-state index contributed by atoms with van der Waals surface area (Å²) in [6.45, 7) is 10.6. The van der Waals surface area contributed by atoms with E-state index < -0.39 is 37.6 Å². The molecule has 2 rings (SSSR count). The summed E-state index contributed by atoms with van der Waals surface area (Å²) in [5.41, 5.74) is 0.776. The second kappa shape index (κ2) is 14.1. The Bertz CT molecular complexity index is 990. The van der Waals surface area contributed by atoms with Gasteiger partial charge in [0.2, 0.25) is 5.82 Å². The van der Waals surface area contributed by atoms with Crippen molar-refractivity contribution < 1.29 is 32.6 Å². The van der Waals surface area contributed by atoms with Crippen molar-refractivity contribution >= 4 is 25.2 Å². The number of benzene rings is 2. The third kappa shape index (κ3) is 7.88. The lowest BCUT2D eigenvalue weighted by Gasteiger charge is -2.24. The van der Waals surface area contributed by atoms with E-state index in [1.807, 2.05) is 19.1 Å². The number of hydrogen-bond donors (Lipinski definition) is 0. The summed E-state index contributed by atoms with van der Waals surface area (Å²) in [6, 6.07) is 11.4. The van der Waals surface area contributed by atoms with Crippen LogP contribution in [0.15, 0.2) is 36.4 Å². The van der Waals surface area contributed by atoms with Gasteiger partial charge in [-0.2, -0.15) is 4.39 Å². The molecule has 0 saturated heterocycles. The largest absolute Gasteiger partial charge is 0.490 e. The maximum Gasteiger partial charge on any atom is 0.320 e. The highest BCUT2D eigenvalue weighted by molar-refractivity contribution is 6.89. The van der Waals surface area contributed by atoms with Crippen LogP contribution in [-0.4, -0.2) is 39.8 Å². The van der Waals surface area contributed by atoms with E-state index in [1.54, 1.807) is 32.0 Å². The molecule has 198 valence electrons. The van der Waals surface area contributed by atoms with Gasteiger partial charge in [-0.05, 0) is 44.4 Å². The minimum Gasteiger partial charge on any atom is -0.490 e. The van der Waals surface area contributed by atoms with Crippen molar-refractivity contribution in [2.45, 2.75) is 65.6 Å². The minimum absolute atomic E-state index is 0.0706.